The summed E-state index contributed by atoms with van der Waals surface area (Å²) in [7, 11) is 0. The number of ether oxygens (including phenoxy) is 1. The molecule has 0 radical (unpaired) electrons. The maximum absolute atomic E-state index is 10.8. The van der Waals surface area contributed by atoms with Crippen LogP contribution in [0.15, 0.2) is 60.7 Å². The van der Waals surface area contributed by atoms with Crippen molar-refractivity contribution in [3.05, 3.63) is 71.8 Å². The maximum atomic E-state index is 10.8. The van der Waals surface area contributed by atoms with Crippen LogP contribution in [-0.2, 0) is 9.53 Å². The fraction of sp³-hybridized carbons (Fsp3) is 0.381. The van der Waals surface area contributed by atoms with E-state index in [0.717, 1.165) is 25.9 Å². The molecule has 0 atom stereocenters. The number of carbonyl (C=O) groups is 1. The Kier molecular flexibility index (Phi) is 6.20. The fourth-order valence-electron chi connectivity index (χ4n) is 3.70. The minimum Gasteiger partial charge on any atom is -0.377 e. The van der Waals surface area contributed by atoms with E-state index in [1.165, 1.54) is 11.1 Å². The minimum atomic E-state index is -0.295. The Morgan fingerprint density at radius 2 is 1.52 bits per heavy atom. The lowest BCUT2D eigenvalue weighted by Crippen LogP contribution is -3.13. The lowest BCUT2D eigenvalue weighted by Gasteiger charge is -2.35. The van der Waals surface area contributed by atoms with Gasteiger partial charge in [0.25, 0.3) is 0 Å². The SMILES string of the molecule is NC(=O)CCOC1CC[NH+](C(c2ccccc2)c2ccccc2)CC1. The number of likely N-dealkylation sites (tertiary alicyclic amines) is 1. The third-order valence-corrected chi connectivity index (χ3v) is 4.95. The molecule has 0 spiro atoms. The smallest absolute Gasteiger partial charge is 0.219 e. The molecule has 1 heterocycles. The van der Waals surface area contributed by atoms with Crippen molar-refractivity contribution in [2.75, 3.05) is 19.7 Å². The van der Waals surface area contributed by atoms with E-state index < -0.39 is 0 Å². The Hall–Kier alpha value is -2.17. The fourth-order valence-corrected chi connectivity index (χ4v) is 3.70. The monoisotopic (exact) mass is 339 g/mol. The first-order chi connectivity index (χ1) is 12.2. The quantitative estimate of drug-likeness (QED) is 0.807. The first-order valence-corrected chi connectivity index (χ1v) is 9.08. The lowest BCUT2D eigenvalue weighted by molar-refractivity contribution is -0.931. The van der Waals surface area contributed by atoms with Crippen LogP contribution in [0.3, 0.4) is 0 Å². The Balaban J connectivity index is 1.66. The van der Waals surface area contributed by atoms with Gasteiger partial charge in [0.05, 0.1) is 25.8 Å². The zero-order chi connectivity index (χ0) is 17.5. The van der Waals surface area contributed by atoms with Gasteiger partial charge in [-0.05, 0) is 0 Å². The molecule has 3 rings (SSSR count). The molecule has 4 heteroatoms. The van der Waals surface area contributed by atoms with Gasteiger partial charge in [0.1, 0.15) is 6.04 Å². The molecule has 132 valence electrons. The molecule has 1 amide bonds. The van der Waals surface area contributed by atoms with Gasteiger partial charge in [-0.2, -0.15) is 0 Å². The van der Waals surface area contributed by atoms with Crippen LogP contribution in [0, 0.1) is 0 Å². The van der Waals surface area contributed by atoms with Gasteiger partial charge in [-0.25, -0.2) is 0 Å². The molecule has 3 N–H and O–H groups in total. The molecule has 4 nitrogen and oxygen atoms in total. The Morgan fingerprint density at radius 3 is 2.00 bits per heavy atom. The van der Waals surface area contributed by atoms with E-state index in [9.17, 15) is 4.79 Å². The normalized spacial score (nSPS) is 20.5. The maximum Gasteiger partial charge on any atom is 0.219 e. The number of amides is 1. The predicted octanol–water partition coefficient (Wildman–Crippen LogP) is 1.72. The molecule has 2 aromatic carbocycles. The van der Waals surface area contributed by atoms with Crippen LogP contribution < -0.4 is 10.6 Å². The number of hydrogen-bond acceptors (Lipinski definition) is 2. The molecule has 25 heavy (non-hydrogen) atoms. The van der Waals surface area contributed by atoms with E-state index in [0.29, 0.717) is 19.1 Å². The number of nitrogens with one attached hydrogen (secondary N) is 1. The van der Waals surface area contributed by atoms with Gasteiger partial charge in [0.2, 0.25) is 5.91 Å². The van der Waals surface area contributed by atoms with E-state index in [1.54, 1.807) is 4.90 Å². The summed E-state index contributed by atoms with van der Waals surface area (Å²) in [6.07, 6.45) is 2.59. The topological polar surface area (TPSA) is 56.8 Å². The van der Waals surface area contributed by atoms with Crippen molar-refractivity contribution in [1.29, 1.82) is 0 Å². The number of piperidine rings is 1. The second-order valence-electron chi connectivity index (χ2n) is 6.70. The van der Waals surface area contributed by atoms with E-state index in [1.807, 2.05) is 0 Å². The van der Waals surface area contributed by atoms with Gasteiger partial charge in [-0.3, -0.25) is 4.79 Å². The average Bonchev–Trinajstić information content (AvgIpc) is 2.65. The van der Waals surface area contributed by atoms with Crippen molar-refractivity contribution in [3.63, 3.8) is 0 Å². The van der Waals surface area contributed by atoms with Crippen molar-refractivity contribution >= 4 is 5.91 Å². The molecule has 1 aliphatic heterocycles. The molecule has 1 fully saturated rings. The Bertz CT molecular complexity index is 613. The highest BCUT2D eigenvalue weighted by Gasteiger charge is 2.31. The number of rotatable bonds is 7. The third kappa shape index (κ3) is 4.91. The number of quaternary nitrogens is 1. The van der Waals surface area contributed by atoms with Crippen molar-refractivity contribution < 1.29 is 14.4 Å². The van der Waals surface area contributed by atoms with Gasteiger partial charge < -0.3 is 15.4 Å². The van der Waals surface area contributed by atoms with Crippen LogP contribution in [0.2, 0.25) is 0 Å². The highest BCUT2D eigenvalue weighted by atomic mass is 16.5. The predicted molar refractivity (Wildman–Crippen MR) is 98.2 cm³/mol. The van der Waals surface area contributed by atoms with Gasteiger partial charge in [-0.1, -0.05) is 60.7 Å². The lowest BCUT2D eigenvalue weighted by atomic mass is 9.94. The number of nitrogens with two attached hydrogens (primary N) is 1. The van der Waals surface area contributed by atoms with Gasteiger partial charge in [0.15, 0.2) is 0 Å². The molecule has 0 unspecified atom stereocenters. The van der Waals surface area contributed by atoms with E-state index in [-0.39, 0.29) is 12.0 Å². The molecule has 0 aliphatic carbocycles. The Labute approximate surface area is 149 Å². The largest absolute Gasteiger partial charge is 0.377 e. The number of hydrogen-bond donors (Lipinski definition) is 2. The zero-order valence-electron chi connectivity index (χ0n) is 14.6. The third-order valence-electron chi connectivity index (χ3n) is 4.95. The second-order valence-corrected chi connectivity index (χ2v) is 6.70. The zero-order valence-corrected chi connectivity index (χ0v) is 14.6. The molecule has 0 bridgehead atoms. The highest BCUT2D eigenvalue weighted by Crippen LogP contribution is 2.20. The van der Waals surface area contributed by atoms with Crippen LogP contribution in [0.5, 0.6) is 0 Å². The van der Waals surface area contributed by atoms with Crippen molar-refractivity contribution in [2.45, 2.75) is 31.4 Å². The summed E-state index contributed by atoms with van der Waals surface area (Å²) in [5, 5.41) is 0. The van der Waals surface area contributed by atoms with E-state index in [4.69, 9.17) is 10.5 Å². The first kappa shape index (κ1) is 17.6. The first-order valence-electron chi connectivity index (χ1n) is 9.08. The van der Waals surface area contributed by atoms with Crippen molar-refractivity contribution in [1.82, 2.24) is 0 Å². The van der Waals surface area contributed by atoms with Crippen LogP contribution in [-0.4, -0.2) is 31.7 Å². The molecule has 1 saturated heterocycles. The van der Waals surface area contributed by atoms with Crippen LogP contribution in [0.4, 0.5) is 0 Å². The van der Waals surface area contributed by atoms with Gasteiger partial charge in [0, 0.05) is 30.4 Å². The molecule has 2 aromatic rings. The molecule has 1 aliphatic rings. The van der Waals surface area contributed by atoms with Crippen LogP contribution in [0.1, 0.15) is 36.4 Å². The average molecular weight is 339 g/mol. The van der Waals surface area contributed by atoms with Crippen molar-refractivity contribution in [2.24, 2.45) is 5.73 Å². The molecular formula is C21H27N2O2+. The number of primary amides is 1. The summed E-state index contributed by atoms with van der Waals surface area (Å²) in [5.74, 6) is -0.295. The number of benzene rings is 2. The standard InChI is InChI=1S/C21H26N2O2/c22-20(24)13-16-25-19-11-14-23(15-12-19)21(17-7-3-1-4-8-17)18-9-5-2-6-10-18/h1-10,19,21H,11-16H2,(H2,22,24)/p+1. The highest BCUT2D eigenvalue weighted by molar-refractivity contribution is 5.73. The van der Waals surface area contributed by atoms with Crippen LogP contribution in [0.25, 0.3) is 0 Å². The summed E-state index contributed by atoms with van der Waals surface area (Å²) in [6.45, 7) is 2.57. The Morgan fingerprint density at radius 1 is 1.00 bits per heavy atom. The van der Waals surface area contributed by atoms with E-state index in [2.05, 4.69) is 60.7 Å². The van der Waals surface area contributed by atoms with E-state index >= 15 is 0 Å². The van der Waals surface area contributed by atoms with Gasteiger partial charge in [-0.15, -0.1) is 0 Å². The molecule has 0 saturated carbocycles. The summed E-state index contributed by atoms with van der Waals surface area (Å²) in [6, 6.07) is 21.8. The van der Waals surface area contributed by atoms with Crippen molar-refractivity contribution in [3.8, 4) is 0 Å². The summed E-state index contributed by atoms with van der Waals surface area (Å²) in [4.78, 5) is 12.4. The summed E-state index contributed by atoms with van der Waals surface area (Å²) >= 11 is 0. The number of carbonyl (C=O) groups excluding carboxylic acids is 1. The minimum absolute atomic E-state index is 0.246. The summed E-state index contributed by atoms with van der Waals surface area (Å²) in [5.41, 5.74) is 7.89. The molecule has 0 aromatic heterocycles. The van der Waals surface area contributed by atoms with Gasteiger partial charge >= 0.3 is 0 Å². The summed E-state index contributed by atoms with van der Waals surface area (Å²) < 4.78 is 5.82. The van der Waals surface area contributed by atoms with Crippen LogP contribution >= 0.6 is 0 Å². The second kappa shape index (κ2) is 8.79. The molecular weight excluding hydrogens is 312 g/mol.